The van der Waals surface area contributed by atoms with Gasteiger partial charge < -0.3 is 9.47 Å². The van der Waals surface area contributed by atoms with Crippen LogP contribution in [0.3, 0.4) is 0 Å². The Morgan fingerprint density at radius 2 is 1.88 bits per heavy atom. The van der Waals surface area contributed by atoms with Crippen molar-refractivity contribution < 1.29 is 14.3 Å². The largest absolute Gasteiger partial charge is 0.490 e. The monoisotopic (exact) mass is 220 g/mol. The molecule has 1 aromatic rings. The van der Waals surface area contributed by atoms with E-state index in [0.717, 1.165) is 25.0 Å². The molecule has 0 saturated heterocycles. The fraction of sp³-hybridized carbons (Fsp3) is 0.462. The fourth-order valence-electron chi connectivity index (χ4n) is 2.04. The van der Waals surface area contributed by atoms with Crippen molar-refractivity contribution in [1.82, 2.24) is 0 Å². The molecule has 1 fully saturated rings. The maximum absolute atomic E-state index is 10.8. The van der Waals surface area contributed by atoms with Crippen LogP contribution >= 0.6 is 0 Å². The van der Waals surface area contributed by atoms with Gasteiger partial charge in [0.15, 0.2) is 0 Å². The van der Waals surface area contributed by atoms with Gasteiger partial charge in [-0.3, -0.25) is 4.79 Å². The lowest BCUT2D eigenvalue weighted by Gasteiger charge is -2.14. The van der Waals surface area contributed by atoms with Gasteiger partial charge in [-0.15, -0.1) is 0 Å². The zero-order chi connectivity index (χ0) is 11.4. The predicted molar refractivity (Wildman–Crippen MR) is 60.3 cm³/mol. The standard InChI is InChI=1S/C13H16O3/c1-10(14)15-12-7-8-13(9-12)16-11-5-3-2-4-6-11/h2-6,12-13H,7-9H2,1H3. The SMILES string of the molecule is CC(=O)OC1CCC(Oc2ccccc2)C1. The second-order valence-electron chi connectivity index (χ2n) is 4.10. The quantitative estimate of drug-likeness (QED) is 0.734. The van der Waals surface area contributed by atoms with Gasteiger partial charge in [0.1, 0.15) is 18.0 Å². The van der Waals surface area contributed by atoms with Crippen LogP contribution in [0.15, 0.2) is 30.3 Å². The second-order valence-corrected chi connectivity index (χ2v) is 4.10. The minimum absolute atomic E-state index is 0.0335. The first-order valence-electron chi connectivity index (χ1n) is 5.63. The van der Waals surface area contributed by atoms with Crippen LogP contribution in [0, 0.1) is 0 Å². The average molecular weight is 220 g/mol. The first-order valence-corrected chi connectivity index (χ1v) is 5.63. The number of benzene rings is 1. The molecule has 0 aliphatic heterocycles. The van der Waals surface area contributed by atoms with Crippen LogP contribution in [-0.4, -0.2) is 18.2 Å². The summed E-state index contributed by atoms with van der Waals surface area (Å²) in [7, 11) is 0. The third-order valence-corrected chi connectivity index (χ3v) is 2.71. The number of carbonyl (C=O) groups excluding carboxylic acids is 1. The summed E-state index contributed by atoms with van der Waals surface area (Å²) in [5, 5.41) is 0. The molecule has 2 atom stereocenters. The molecule has 1 aromatic carbocycles. The van der Waals surface area contributed by atoms with Crippen LogP contribution in [0.4, 0.5) is 0 Å². The Morgan fingerprint density at radius 1 is 1.19 bits per heavy atom. The van der Waals surface area contributed by atoms with E-state index in [9.17, 15) is 4.79 Å². The van der Waals surface area contributed by atoms with E-state index >= 15 is 0 Å². The molecule has 0 bridgehead atoms. The first-order chi connectivity index (χ1) is 7.74. The van der Waals surface area contributed by atoms with E-state index in [0.29, 0.717) is 0 Å². The van der Waals surface area contributed by atoms with E-state index in [1.54, 1.807) is 0 Å². The number of esters is 1. The molecule has 0 heterocycles. The maximum atomic E-state index is 10.8. The summed E-state index contributed by atoms with van der Waals surface area (Å²) < 4.78 is 11.0. The van der Waals surface area contributed by atoms with E-state index in [-0.39, 0.29) is 18.2 Å². The highest BCUT2D eigenvalue weighted by Crippen LogP contribution is 2.26. The zero-order valence-electron chi connectivity index (χ0n) is 9.39. The Labute approximate surface area is 95.4 Å². The molecule has 2 unspecified atom stereocenters. The summed E-state index contributed by atoms with van der Waals surface area (Å²) in [6.07, 6.45) is 2.86. The number of rotatable bonds is 3. The van der Waals surface area contributed by atoms with Gasteiger partial charge in [0.2, 0.25) is 0 Å². The fourth-order valence-corrected chi connectivity index (χ4v) is 2.04. The molecule has 0 radical (unpaired) electrons. The lowest BCUT2D eigenvalue weighted by Crippen LogP contribution is -2.16. The molecule has 1 aliphatic carbocycles. The molecule has 0 aromatic heterocycles. The third-order valence-electron chi connectivity index (χ3n) is 2.71. The molecule has 1 saturated carbocycles. The second kappa shape index (κ2) is 5.01. The number of ether oxygens (including phenoxy) is 2. The molecule has 0 spiro atoms. The number of carbonyl (C=O) groups is 1. The summed E-state index contributed by atoms with van der Waals surface area (Å²) in [5.41, 5.74) is 0. The molecule has 2 rings (SSSR count). The molecule has 0 amide bonds. The highest BCUT2D eigenvalue weighted by Gasteiger charge is 2.28. The summed E-state index contributed by atoms with van der Waals surface area (Å²) in [5.74, 6) is 0.682. The van der Waals surface area contributed by atoms with E-state index in [4.69, 9.17) is 9.47 Å². The average Bonchev–Trinajstić information content (AvgIpc) is 2.66. The van der Waals surface area contributed by atoms with E-state index in [2.05, 4.69) is 0 Å². The smallest absolute Gasteiger partial charge is 0.302 e. The summed E-state index contributed by atoms with van der Waals surface area (Å²) >= 11 is 0. The third kappa shape index (κ3) is 2.99. The van der Waals surface area contributed by atoms with Gasteiger partial charge in [0.05, 0.1) is 0 Å². The molecule has 1 aliphatic rings. The van der Waals surface area contributed by atoms with Gasteiger partial charge in [-0.25, -0.2) is 0 Å². The van der Waals surface area contributed by atoms with Crippen molar-refractivity contribution in [2.75, 3.05) is 0 Å². The Hall–Kier alpha value is -1.51. The van der Waals surface area contributed by atoms with Gasteiger partial charge in [0.25, 0.3) is 0 Å². The van der Waals surface area contributed by atoms with Crippen molar-refractivity contribution in [2.45, 2.75) is 38.4 Å². The maximum Gasteiger partial charge on any atom is 0.302 e. The van der Waals surface area contributed by atoms with Crippen LogP contribution in [0.5, 0.6) is 5.75 Å². The Kier molecular flexibility index (Phi) is 3.44. The molecule has 86 valence electrons. The predicted octanol–water partition coefficient (Wildman–Crippen LogP) is 2.55. The number of hydrogen-bond donors (Lipinski definition) is 0. The van der Waals surface area contributed by atoms with Crippen molar-refractivity contribution in [3.63, 3.8) is 0 Å². The van der Waals surface area contributed by atoms with Crippen LogP contribution in [-0.2, 0) is 9.53 Å². The number of para-hydroxylation sites is 1. The van der Waals surface area contributed by atoms with Crippen molar-refractivity contribution in [3.8, 4) is 5.75 Å². The highest BCUT2D eigenvalue weighted by atomic mass is 16.5. The van der Waals surface area contributed by atoms with Gasteiger partial charge in [-0.05, 0) is 25.0 Å². The summed E-state index contributed by atoms with van der Waals surface area (Å²) in [6, 6.07) is 9.75. The van der Waals surface area contributed by atoms with Crippen LogP contribution in [0.2, 0.25) is 0 Å². The molecule has 3 heteroatoms. The van der Waals surface area contributed by atoms with Gasteiger partial charge in [-0.2, -0.15) is 0 Å². The van der Waals surface area contributed by atoms with E-state index < -0.39 is 0 Å². The molecule has 3 nitrogen and oxygen atoms in total. The van der Waals surface area contributed by atoms with Crippen molar-refractivity contribution in [3.05, 3.63) is 30.3 Å². The minimum atomic E-state index is -0.203. The molecular weight excluding hydrogens is 204 g/mol. The lowest BCUT2D eigenvalue weighted by atomic mass is 10.3. The van der Waals surface area contributed by atoms with Crippen molar-refractivity contribution in [1.29, 1.82) is 0 Å². The van der Waals surface area contributed by atoms with E-state index in [1.165, 1.54) is 6.92 Å². The van der Waals surface area contributed by atoms with Crippen molar-refractivity contribution >= 4 is 5.97 Å². The highest BCUT2D eigenvalue weighted by molar-refractivity contribution is 5.66. The lowest BCUT2D eigenvalue weighted by molar-refractivity contribution is -0.146. The summed E-state index contributed by atoms with van der Waals surface area (Å²) in [4.78, 5) is 10.8. The van der Waals surface area contributed by atoms with Crippen LogP contribution in [0.25, 0.3) is 0 Å². The zero-order valence-corrected chi connectivity index (χ0v) is 9.39. The van der Waals surface area contributed by atoms with Crippen molar-refractivity contribution in [2.24, 2.45) is 0 Å². The Balaban J connectivity index is 1.83. The minimum Gasteiger partial charge on any atom is -0.490 e. The molecule has 0 N–H and O–H groups in total. The van der Waals surface area contributed by atoms with Crippen LogP contribution in [0.1, 0.15) is 26.2 Å². The first kappa shape index (κ1) is 11.0. The van der Waals surface area contributed by atoms with Gasteiger partial charge in [-0.1, -0.05) is 18.2 Å². The number of hydrogen-bond acceptors (Lipinski definition) is 3. The topological polar surface area (TPSA) is 35.5 Å². The molecular formula is C13H16O3. The van der Waals surface area contributed by atoms with Gasteiger partial charge >= 0.3 is 5.97 Å². The Bertz CT molecular complexity index is 347. The van der Waals surface area contributed by atoms with Gasteiger partial charge in [0, 0.05) is 13.3 Å². The Morgan fingerprint density at radius 3 is 2.56 bits per heavy atom. The van der Waals surface area contributed by atoms with E-state index in [1.807, 2.05) is 30.3 Å². The van der Waals surface area contributed by atoms with Crippen LogP contribution < -0.4 is 4.74 Å². The normalized spacial score (nSPS) is 24.1. The summed E-state index contributed by atoms with van der Waals surface area (Å²) in [6.45, 7) is 1.45. The molecule has 16 heavy (non-hydrogen) atoms.